The summed E-state index contributed by atoms with van der Waals surface area (Å²) in [6.45, 7) is 8.67. The fourth-order valence-electron chi connectivity index (χ4n) is 4.79. The maximum Gasteiger partial charge on any atom is 0.267 e. The largest absolute Gasteiger partial charge is 0.496 e. The van der Waals surface area contributed by atoms with E-state index in [1.54, 1.807) is 7.11 Å². The molecule has 1 heterocycles. The van der Waals surface area contributed by atoms with Crippen LogP contribution in [0.25, 0.3) is 6.08 Å². The molecule has 2 atom stereocenters. The van der Waals surface area contributed by atoms with Crippen LogP contribution in [0.3, 0.4) is 0 Å². The number of nitrogens with zero attached hydrogens (tertiary/aromatic N) is 2. The summed E-state index contributed by atoms with van der Waals surface area (Å²) in [5, 5.41) is 0.798. The first-order valence-corrected chi connectivity index (χ1v) is 12.8. The minimum atomic E-state index is 0.0785. The van der Waals surface area contributed by atoms with Crippen molar-refractivity contribution >= 4 is 34.6 Å². The number of amides is 1. The average Bonchev–Trinajstić information content (AvgIpc) is 3.10. The Balaban J connectivity index is 1.76. The van der Waals surface area contributed by atoms with Gasteiger partial charge < -0.3 is 4.74 Å². The monoisotopic (exact) mass is 462 g/mol. The van der Waals surface area contributed by atoms with E-state index >= 15 is 0 Å². The molecule has 2 aromatic rings. The van der Waals surface area contributed by atoms with E-state index < -0.39 is 0 Å². The molecule has 0 spiro atoms. The Bertz CT molecular complexity index is 1070. The van der Waals surface area contributed by atoms with Crippen LogP contribution < -0.4 is 4.74 Å². The molecule has 2 fully saturated rings. The Morgan fingerprint density at radius 1 is 1.15 bits per heavy atom. The molecule has 0 N–H and O–H groups in total. The molecule has 5 heteroatoms. The number of aliphatic imine (C=N–C) groups is 1. The van der Waals surface area contributed by atoms with Crippen molar-refractivity contribution in [2.45, 2.75) is 65.3 Å². The third-order valence-electron chi connectivity index (χ3n) is 6.74. The van der Waals surface area contributed by atoms with Gasteiger partial charge in [0.2, 0.25) is 0 Å². The van der Waals surface area contributed by atoms with E-state index in [4.69, 9.17) is 9.73 Å². The molecule has 33 heavy (non-hydrogen) atoms. The summed E-state index contributed by atoms with van der Waals surface area (Å²) < 4.78 is 5.61. The minimum Gasteiger partial charge on any atom is -0.496 e. The van der Waals surface area contributed by atoms with Gasteiger partial charge in [-0.1, -0.05) is 51.8 Å². The molecule has 2 aromatic carbocycles. The number of carbonyl (C=O) groups excluding carboxylic acids is 1. The lowest BCUT2D eigenvalue weighted by atomic mass is 9.85. The fraction of sp³-hybridized carbons (Fsp3) is 0.429. The lowest BCUT2D eigenvalue weighted by molar-refractivity contribution is -0.124. The molecule has 174 valence electrons. The van der Waals surface area contributed by atoms with Gasteiger partial charge in [0, 0.05) is 6.04 Å². The number of carbonyl (C=O) groups is 1. The second kappa shape index (κ2) is 10.2. The molecule has 0 radical (unpaired) electrons. The molecule has 1 amide bonds. The van der Waals surface area contributed by atoms with Crippen LogP contribution in [-0.4, -0.2) is 29.1 Å². The summed E-state index contributed by atoms with van der Waals surface area (Å²) in [7, 11) is 1.71. The van der Waals surface area contributed by atoms with Gasteiger partial charge in [0.15, 0.2) is 5.17 Å². The fourth-order valence-corrected chi connectivity index (χ4v) is 5.83. The summed E-state index contributed by atoms with van der Waals surface area (Å²) in [6, 6.07) is 14.4. The Morgan fingerprint density at radius 3 is 2.55 bits per heavy atom. The van der Waals surface area contributed by atoms with Gasteiger partial charge in [0.25, 0.3) is 5.91 Å². The van der Waals surface area contributed by atoms with Crippen LogP contribution in [0.5, 0.6) is 5.75 Å². The maximum atomic E-state index is 13.7. The van der Waals surface area contributed by atoms with Crippen molar-refractivity contribution in [1.29, 1.82) is 0 Å². The third-order valence-corrected chi connectivity index (χ3v) is 7.73. The van der Waals surface area contributed by atoms with Crippen LogP contribution in [-0.2, 0) is 4.79 Å². The van der Waals surface area contributed by atoms with Gasteiger partial charge >= 0.3 is 0 Å². The van der Waals surface area contributed by atoms with Crippen molar-refractivity contribution in [2.75, 3.05) is 7.11 Å². The first-order chi connectivity index (χ1) is 15.9. The smallest absolute Gasteiger partial charge is 0.267 e. The Morgan fingerprint density at radius 2 is 1.88 bits per heavy atom. The van der Waals surface area contributed by atoms with Crippen molar-refractivity contribution in [3.63, 3.8) is 0 Å². The highest BCUT2D eigenvalue weighted by Crippen LogP contribution is 2.41. The van der Waals surface area contributed by atoms with Gasteiger partial charge in [-0.25, -0.2) is 4.99 Å². The van der Waals surface area contributed by atoms with Crippen molar-refractivity contribution < 1.29 is 9.53 Å². The summed E-state index contributed by atoms with van der Waals surface area (Å²) in [6.07, 6.45) is 6.64. The van der Waals surface area contributed by atoms with E-state index in [9.17, 15) is 4.79 Å². The number of hydrogen-bond donors (Lipinski definition) is 0. The highest BCUT2D eigenvalue weighted by Gasteiger charge is 2.41. The number of para-hydroxylation sites is 1. The zero-order valence-corrected chi connectivity index (χ0v) is 21.1. The summed E-state index contributed by atoms with van der Waals surface area (Å²) in [5.74, 6) is 1.78. The first-order valence-electron chi connectivity index (χ1n) is 11.9. The highest BCUT2D eigenvalue weighted by atomic mass is 32.2. The van der Waals surface area contributed by atoms with E-state index in [1.165, 1.54) is 18.2 Å². The number of benzene rings is 2. The highest BCUT2D eigenvalue weighted by molar-refractivity contribution is 8.18. The van der Waals surface area contributed by atoms with E-state index in [-0.39, 0.29) is 11.9 Å². The second-order valence-corrected chi connectivity index (χ2v) is 10.5. The minimum absolute atomic E-state index is 0.0785. The molecule has 1 aliphatic heterocycles. The van der Waals surface area contributed by atoms with E-state index in [0.717, 1.165) is 57.5 Å². The average molecular weight is 463 g/mol. The number of ether oxygens (including phenoxy) is 1. The molecule has 2 aliphatic rings. The van der Waals surface area contributed by atoms with Crippen LogP contribution in [0.15, 0.2) is 52.4 Å². The zero-order chi connectivity index (χ0) is 23.5. The molecule has 4 rings (SSSR count). The van der Waals surface area contributed by atoms with Crippen LogP contribution >= 0.6 is 11.8 Å². The molecular formula is C28H34N2O2S. The Kier molecular flexibility index (Phi) is 7.28. The molecule has 4 nitrogen and oxygen atoms in total. The lowest BCUT2D eigenvalue weighted by Gasteiger charge is -2.35. The molecule has 0 unspecified atom stereocenters. The predicted octanol–water partition coefficient (Wildman–Crippen LogP) is 7.31. The van der Waals surface area contributed by atoms with Crippen LogP contribution in [0, 0.1) is 12.8 Å². The molecule has 1 saturated heterocycles. The summed E-state index contributed by atoms with van der Waals surface area (Å²) in [4.78, 5) is 21.4. The number of thioether (sulfide) groups is 1. The number of amidine groups is 1. The summed E-state index contributed by atoms with van der Waals surface area (Å²) >= 11 is 1.50. The quantitative estimate of drug-likeness (QED) is 0.438. The topological polar surface area (TPSA) is 41.9 Å². The Labute approximate surface area is 202 Å². The van der Waals surface area contributed by atoms with Gasteiger partial charge in [0.05, 0.1) is 17.7 Å². The third kappa shape index (κ3) is 5.03. The lowest BCUT2D eigenvalue weighted by Crippen LogP contribution is -2.44. The number of hydrogen-bond acceptors (Lipinski definition) is 4. The van der Waals surface area contributed by atoms with E-state index in [0.29, 0.717) is 11.8 Å². The van der Waals surface area contributed by atoms with Gasteiger partial charge in [0.1, 0.15) is 5.75 Å². The van der Waals surface area contributed by atoms with E-state index in [1.807, 2.05) is 41.3 Å². The number of rotatable bonds is 5. The van der Waals surface area contributed by atoms with Crippen LogP contribution in [0.4, 0.5) is 5.69 Å². The van der Waals surface area contributed by atoms with Crippen LogP contribution in [0.2, 0.25) is 0 Å². The predicted molar refractivity (Wildman–Crippen MR) is 139 cm³/mol. The van der Waals surface area contributed by atoms with Crippen LogP contribution in [0.1, 0.15) is 69.1 Å². The van der Waals surface area contributed by atoms with Gasteiger partial charge in [-0.05, 0) is 90.4 Å². The zero-order valence-electron chi connectivity index (χ0n) is 20.3. The van der Waals surface area contributed by atoms with Crippen molar-refractivity contribution in [3.05, 3.63) is 64.1 Å². The Hall–Kier alpha value is -2.53. The van der Waals surface area contributed by atoms with Crippen molar-refractivity contribution in [2.24, 2.45) is 10.9 Å². The maximum absolute atomic E-state index is 13.7. The normalized spacial score (nSPS) is 23.7. The second-order valence-electron chi connectivity index (χ2n) is 9.45. The molecule has 1 saturated carbocycles. The molecule has 1 aliphatic carbocycles. The van der Waals surface area contributed by atoms with Gasteiger partial charge in [-0.15, -0.1) is 0 Å². The molecular weight excluding hydrogens is 428 g/mol. The van der Waals surface area contributed by atoms with Gasteiger partial charge in [-0.2, -0.15) is 0 Å². The summed E-state index contributed by atoms with van der Waals surface area (Å²) in [5.41, 5.74) is 4.20. The first kappa shape index (κ1) is 23.6. The van der Waals surface area contributed by atoms with Gasteiger partial charge in [-0.3, -0.25) is 9.69 Å². The number of aryl methyl sites for hydroxylation is 1. The molecule has 0 aromatic heterocycles. The standard InChI is InChI=1S/C28H34N2O2S/c1-18(2)23-16-21(20(4)15-25(23)32-5)17-26-27(31)30(24-14-10-9-11-19(24)3)28(33-26)29-22-12-7-6-8-13-22/h6-8,12-13,15-19,24H,9-11,14H2,1-5H3/b26-17-,29-28?/t19-,24-/m0/s1. The van der Waals surface area contributed by atoms with E-state index in [2.05, 4.69) is 39.8 Å². The van der Waals surface area contributed by atoms with Crippen molar-refractivity contribution in [3.8, 4) is 5.75 Å². The van der Waals surface area contributed by atoms with Crippen molar-refractivity contribution in [1.82, 2.24) is 4.90 Å². The SMILES string of the molecule is COc1cc(C)c(/C=C2\SC(=Nc3ccccc3)N([C@H]3CCCC[C@@H]3C)C2=O)cc1C(C)C. The number of methoxy groups -OCH3 is 1. The molecule has 0 bridgehead atoms.